The monoisotopic (exact) mass is 288 g/mol. The zero-order valence-corrected chi connectivity index (χ0v) is 14.1. The van der Waals surface area contributed by atoms with Gasteiger partial charge in [-0.05, 0) is 43.3 Å². The summed E-state index contributed by atoms with van der Waals surface area (Å²) in [6.45, 7) is 9.18. The highest BCUT2D eigenvalue weighted by molar-refractivity contribution is 5.14. The van der Waals surface area contributed by atoms with Gasteiger partial charge in [0, 0.05) is 19.6 Å². The van der Waals surface area contributed by atoms with Gasteiger partial charge in [-0.3, -0.25) is 0 Å². The molecule has 0 saturated heterocycles. The Bertz CT molecular complexity index is 393. The van der Waals surface area contributed by atoms with E-state index in [0.717, 1.165) is 19.0 Å². The van der Waals surface area contributed by atoms with Crippen LogP contribution in [-0.4, -0.2) is 31.6 Å². The molecule has 0 heterocycles. The molecule has 118 valence electrons. The van der Waals surface area contributed by atoms with Crippen LogP contribution in [0.4, 0.5) is 0 Å². The average Bonchev–Trinajstić information content (AvgIpc) is 2.87. The number of nitrogens with zero attached hydrogens (tertiary/aromatic N) is 1. The van der Waals surface area contributed by atoms with Gasteiger partial charge in [-0.2, -0.15) is 0 Å². The molecule has 0 radical (unpaired) electrons. The van der Waals surface area contributed by atoms with E-state index in [0.29, 0.717) is 5.41 Å². The number of hydrogen-bond donors (Lipinski definition) is 1. The van der Waals surface area contributed by atoms with Gasteiger partial charge in [-0.1, -0.05) is 57.0 Å². The summed E-state index contributed by atoms with van der Waals surface area (Å²) in [5.74, 6) is 0.741. The van der Waals surface area contributed by atoms with Gasteiger partial charge in [-0.25, -0.2) is 0 Å². The third-order valence-electron chi connectivity index (χ3n) is 4.62. The van der Waals surface area contributed by atoms with Crippen molar-refractivity contribution >= 4 is 0 Å². The van der Waals surface area contributed by atoms with Gasteiger partial charge >= 0.3 is 0 Å². The second-order valence-electron chi connectivity index (χ2n) is 7.39. The van der Waals surface area contributed by atoms with Gasteiger partial charge in [0.05, 0.1) is 0 Å². The van der Waals surface area contributed by atoms with E-state index in [1.165, 1.54) is 44.3 Å². The minimum absolute atomic E-state index is 0.498. The molecule has 21 heavy (non-hydrogen) atoms. The molecule has 2 rings (SSSR count). The van der Waals surface area contributed by atoms with E-state index < -0.39 is 0 Å². The van der Waals surface area contributed by atoms with Crippen molar-refractivity contribution in [3.8, 4) is 0 Å². The Balaban J connectivity index is 1.86. The Morgan fingerprint density at radius 3 is 2.43 bits per heavy atom. The number of rotatable bonds is 8. The number of benzene rings is 1. The maximum absolute atomic E-state index is 3.71. The molecule has 1 aliphatic rings. The normalized spacial score (nSPS) is 17.8. The summed E-state index contributed by atoms with van der Waals surface area (Å²) in [7, 11) is 2.27. The van der Waals surface area contributed by atoms with Crippen molar-refractivity contribution in [2.45, 2.75) is 46.1 Å². The first-order valence-corrected chi connectivity index (χ1v) is 8.53. The second kappa shape index (κ2) is 7.95. The quantitative estimate of drug-likeness (QED) is 0.780. The van der Waals surface area contributed by atoms with Crippen molar-refractivity contribution in [2.75, 3.05) is 26.7 Å². The Hall–Kier alpha value is -0.860. The van der Waals surface area contributed by atoms with Gasteiger partial charge in [0.15, 0.2) is 0 Å². The molecule has 0 spiro atoms. The molecule has 0 atom stereocenters. The molecular weight excluding hydrogens is 256 g/mol. The van der Waals surface area contributed by atoms with Crippen LogP contribution >= 0.6 is 0 Å². The predicted octanol–water partition coefficient (Wildman–Crippen LogP) is 3.92. The van der Waals surface area contributed by atoms with E-state index in [1.54, 1.807) is 0 Å². The summed E-state index contributed by atoms with van der Waals surface area (Å²) in [5, 5.41) is 3.71. The topological polar surface area (TPSA) is 15.3 Å². The zero-order valence-electron chi connectivity index (χ0n) is 14.1. The van der Waals surface area contributed by atoms with Gasteiger partial charge in [-0.15, -0.1) is 0 Å². The molecule has 0 unspecified atom stereocenters. The van der Waals surface area contributed by atoms with Crippen LogP contribution in [-0.2, 0) is 6.54 Å². The van der Waals surface area contributed by atoms with Gasteiger partial charge in [0.2, 0.25) is 0 Å². The maximum Gasteiger partial charge on any atom is 0.0230 e. The SMILES string of the molecule is CC(C)CNCC1(CN(C)Cc2ccccc2)CCCC1. The molecule has 0 bridgehead atoms. The molecule has 2 heteroatoms. The summed E-state index contributed by atoms with van der Waals surface area (Å²) in [5.41, 5.74) is 1.92. The van der Waals surface area contributed by atoms with Gasteiger partial charge < -0.3 is 10.2 Å². The van der Waals surface area contributed by atoms with Crippen molar-refractivity contribution < 1.29 is 0 Å². The molecule has 1 aromatic carbocycles. The number of nitrogens with one attached hydrogen (secondary N) is 1. The summed E-state index contributed by atoms with van der Waals surface area (Å²) >= 11 is 0. The molecular formula is C19H32N2. The fraction of sp³-hybridized carbons (Fsp3) is 0.684. The zero-order chi connectivity index (χ0) is 15.1. The van der Waals surface area contributed by atoms with Crippen LogP contribution in [0, 0.1) is 11.3 Å². The molecule has 1 fully saturated rings. The lowest BCUT2D eigenvalue weighted by Gasteiger charge is -2.34. The fourth-order valence-electron chi connectivity index (χ4n) is 3.67. The van der Waals surface area contributed by atoms with E-state index >= 15 is 0 Å². The van der Waals surface area contributed by atoms with Crippen molar-refractivity contribution in [3.63, 3.8) is 0 Å². The van der Waals surface area contributed by atoms with E-state index in [9.17, 15) is 0 Å². The molecule has 0 aromatic heterocycles. The summed E-state index contributed by atoms with van der Waals surface area (Å²) in [4.78, 5) is 2.51. The van der Waals surface area contributed by atoms with Crippen molar-refractivity contribution in [3.05, 3.63) is 35.9 Å². The van der Waals surface area contributed by atoms with Crippen LogP contribution < -0.4 is 5.32 Å². The third-order valence-corrected chi connectivity index (χ3v) is 4.62. The van der Waals surface area contributed by atoms with Crippen LogP contribution in [0.3, 0.4) is 0 Å². The highest BCUT2D eigenvalue weighted by Gasteiger charge is 2.34. The lowest BCUT2D eigenvalue weighted by atomic mass is 9.85. The molecule has 1 aliphatic carbocycles. The fourth-order valence-corrected chi connectivity index (χ4v) is 3.67. The van der Waals surface area contributed by atoms with E-state index in [-0.39, 0.29) is 0 Å². The molecule has 1 N–H and O–H groups in total. The summed E-state index contributed by atoms with van der Waals surface area (Å²) in [6.07, 6.45) is 5.58. The first kappa shape index (κ1) is 16.5. The first-order valence-electron chi connectivity index (χ1n) is 8.53. The van der Waals surface area contributed by atoms with Crippen LogP contribution in [0.15, 0.2) is 30.3 Å². The van der Waals surface area contributed by atoms with Crippen LogP contribution in [0.1, 0.15) is 45.1 Å². The van der Waals surface area contributed by atoms with Gasteiger partial charge in [0.25, 0.3) is 0 Å². The minimum Gasteiger partial charge on any atom is -0.316 e. The third kappa shape index (κ3) is 5.44. The molecule has 2 nitrogen and oxygen atoms in total. The Kier molecular flexibility index (Phi) is 6.25. The Morgan fingerprint density at radius 1 is 1.14 bits per heavy atom. The number of hydrogen-bond acceptors (Lipinski definition) is 2. The van der Waals surface area contributed by atoms with Crippen LogP contribution in [0.2, 0.25) is 0 Å². The van der Waals surface area contributed by atoms with Crippen LogP contribution in [0.25, 0.3) is 0 Å². The van der Waals surface area contributed by atoms with Crippen molar-refractivity contribution in [1.82, 2.24) is 10.2 Å². The van der Waals surface area contributed by atoms with E-state index in [2.05, 4.69) is 61.4 Å². The summed E-state index contributed by atoms with van der Waals surface area (Å²) < 4.78 is 0. The standard InChI is InChI=1S/C19H32N2/c1-17(2)13-20-15-19(11-7-8-12-19)16-21(3)14-18-9-5-4-6-10-18/h4-6,9-10,17,20H,7-8,11-16H2,1-3H3. The highest BCUT2D eigenvalue weighted by Crippen LogP contribution is 2.38. The summed E-state index contributed by atoms with van der Waals surface area (Å²) in [6, 6.07) is 10.8. The lowest BCUT2D eigenvalue weighted by Crippen LogP contribution is -2.42. The maximum atomic E-state index is 3.71. The Labute approximate surface area is 130 Å². The smallest absolute Gasteiger partial charge is 0.0230 e. The second-order valence-corrected chi connectivity index (χ2v) is 7.39. The lowest BCUT2D eigenvalue weighted by molar-refractivity contribution is 0.166. The predicted molar refractivity (Wildman–Crippen MR) is 91.4 cm³/mol. The van der Waals surface area contributed by atoms with E-state index in [4.69, 9.17) is 0 Å². The molecule has 0 aliphatic heterocycles. The van der Waals surface area contributed by atoms with E-state index in [1.807, 2.05) is 0 Å². The molecule has 0 amide bonds. The molecule has 1 aromatic rings. The molecule has 1 saturated carbocycles. The minimum atomic E-state index is 0.498. The Morgan fingerprint density at radius 2 is 1.81 bits per heavy atom. The average molecular weight is 288 g/mol. The van der Waals surface area contributed by atoms with Gasteiger partial charge in [0.1, 0.15) is 0 Å². The first-order chi connectivity index (χ1) is 10.1. The van der Waals surface area contributed by atoms with Crippen molar-refractivity contribution in [2.24, 2.45) is 11.3 Å². The largest absolute Gasteiger partial charge is 0.316 e. The van der Waals surface area contributed by atoms with Crippen molar-refractivity contribution in [1.29, 1.82) is 0 Å². The highest BCUT2D eigenvalue weighted by atomic mass is 15.1. The van der Waals surface area contributed by atoms with Crippen LogP contribution in [0.5, 0.6) is 0 Å².